The molecular formula is C9H11NO4. The van der Waals surface area contributed by atoms with E-state index >= 15 is 0 Å². The molecule has 1 aromatic rings. The van der Waals surface area contributed by atoms with Gasteiger partial charge >= 0.3 is 0 Å². The van der Waals surface area contributed by atoms with E-state index in [-0.39, 0.29) is 11.3 Å². The number of para-hydroxylation sites is 1. The van der Waals surface area contributed by atoms with E-state index in [2.05, 4.69) is 4.89 Å². The van der Waals surface area contributed by atoms with Gasteiger partial charge in [-0.3, -0.25) is 4.79 Å². The Morgan fingerprint density at radius 2 is 2.07 bits per heavy atom. The molecule has 0 aromatic heterocycles. The third-order valence-electron chi connectivity index (χ3n) is 1.63. The Labute approximate surface area is 81.3 Å². The highest BCUT2D eigenvalue weighted by molar-refractivity contribution is 5.96. The molecule has 0 aliphatic carbocycles. The maximum absolute atomic E-state index is 11.0. The van der Waals surface area contributed by atoms with E-state index in [1.807, 2.05) is 0 Å². The Bertz CT molecular complexity index is 338. The molecule has 1 rings (SSSR count). The first-order valence-electron chi connectivity index (χ1n) is 3.88. The highest BCUT2D eigenvalue weighted by Gasteiger charge is 2.15. The second-order valence-corrected chi connectivity index (χ2v) is 2.45. The summed E-state index contributed by atoms with van der Waals surface area (Å²) in [6, 6.07) is 4.81. The fourth-order valence-electron chi connectivity index (χ4n) is 1.04. The van der Waals surface area contributed by atoms with Gasteiger partial charge in [0.2, 0.25) is 5.75 Å². The van der Waals surface area contributed by atoms with Crippen molar-refractivity contribution in [1.82, 2.24) is 0 Å². The second kappa shape index (κ2) is 4.48. The summed E-state index contributed by atoms with van der Waals surface area (Å²) < 4.78 is 4.98. The summed E-state index contributed by atoms with van der Waals surface area (Å²) in [7, 11) is 2.79. The number of benzene rings is 1. The zero-order chi connectivity index (χ0) is 10.6. The van der Waals surface area contributed by atoms with Gasteiger partial charge in [0, 0.05) is 0 Å². The Morgan fingerprint density at radius 3 is 2.57 bits per heavy atom. The van der Waals surface area contributed by atoms with Crippen molar-refractivity contribution in [3.8, 4) is 11.5 Å². The van der Waals surface area contributed by atoms with Gasteiger partial charge in [-0.05, 0) is 12.1 Å². The average Bonchev–Trinajstić information content (AvgIpc) is 2.18. The lowest BCUT2D eigenvalue weighted by Gasteiger charge is -2.09. The van der Waals surface area contributed by atoms with Crippen molar-refractivity contribution >= 4 is 5.91 Å². The van der Waals surface area contributed by atoms with Gasteiger partial charge in [-0.2, -0.15) is 4.89 Å². The van der Waals surface area contributed by atoms with E-state index < -0.39 is 5.91 Å². The minimum atomic E-state index is -0.601. The zero-order valence-corrected chi connectivity index (χ0v) is 7.94. The molecule has 5 heteroatoms. The standard InChI is InChI=1S/C9H11NO4/c1-12-7-5-3-4-6(9(10)11)8(7)14-13-2/h3-5H,1-2H3,(H2,10,11). The second-order valence-electron chi connectivity index (χ2n) is 2.45. The molecule has 0 heterocycles. The fourth-order valence-corrected chi connectivity index (χ4v) is 1.04. The van der Waals surface area contributed by atoms with Gasteiger partial charge in [-0.25, -0.2) is 0 Å². The number of carbonyl (C=O) groups excluding carboxylic acids is 1. The first-order chi connectivity index (χ1) is 6.70. The fraction of sp³-hybridized carbons (Fsp3) is 0.222. The lowest BCUT2D eigenvalue weighted by molar-refractivity contribution is -0.179. The summed E-state index contributed by atoms with van der Waals surface area (Å²) in [5, 5.41) is 0. The normalized spacial score (nSPS) is 9.57. The molecule has 5 nitrogen and oxygen atoms in total. The van der Waals surface area contributed by atoms with Gasteiger partial charge in [0.25, 0.3) is 5.91 Å². The summed E-state index contributed by atoms with van der Waals surface area (Å²) in [4.78, 5) is 20.3. The van der Waals surface area contributed by atoms with Crippen LogP contribution in [0.15, 0.2) is 18.2 Å². The number of primary amides is 1. The maximum atomic E-state index is 11.0. The largest absolute Gasteiger partial charge is 0.493 e. The molecule has 2 N–H and O–H groups in total. The van der Waals surface area contributed by atoms with Gasteiger partial charge in [0.05, 0.1) is 19.8 Å². The van der Waals surface area contributed by atoms with Crippen molar-refractivity contribution in [3.05, 3.63) is 23.8 Å². The van der Waals surface area contributed by atoms with Crippen LogP contribution in [-0.4, -0.2) is 20.1 Å². The van der Waals surface area contributed by atoms with Gasteiger partial charge in [0.1, 0.15) is 0 Å². The molecule has 0 aliphatic rings. The number of hydrogen-bond donors (Lipinski definition) is 1. The van der Waals surface area contributed by atoms with Gasteiger partial charge in [-0.1, -0.05) is 6.07 Å². The molecule has 0 unspecified atom stereocenters. The molecule has 14 heavy (non-hydrogen) atoms. The van der Waals surface area contributed by atoms with Crippen molar-refractivity contribution in [2.75, 3.05) is 14.2 Å². The first kappa shape index (κ1) is 10.3. The Morgan fingerprint density at radius 1 is 1.36 bits per heavy atom. The molecule has 76 valence electrons. The summed E-state index contributed by atoms with van der Waals surface area (Å²) in [5.41, 5.74) is 5.35. The van der Waals surface area contributed by atoms with Crippen LogP contribution in [0, 0.1) is 0 Å². The van der Waals surface area contributed by atoms with E-state index in [1.54, 1.807) is 12.1 Å². The number of amides is 1. The summed E-state index contributed by atoms with van der Waals surface area (Å²) >= 11 is 0. The van der Waals surface area contributed by atoms with E-state index in [0.29, 0.717) is 5.75 Å². The monoisotopic (exact) mass is 197 g/mol. The van der Waals surface area contributed by atoms with Crippen LogP contribution in [0.5, 0.6) is 11.5 Å². The van der Waals surface area contributed by atoms with Gasteiger partial charge in [-0.15, -0.1) is 0 Å². The number of ether oxygens (including phenoxy) is 1. The predicted octanol–water partition coefficient (Wildman–Crippen LogP) is 0.734. The first-order valence-corrected chi connectivity index (χ1v) is 3.88. The number of carbonyl (C=O) groups is 1. The maximum Gasteiger partial charge on any atom is 0.252 e. The molecular weight excluding hydrogens is 186 g/mol. The predicted molar refractivity (Wildman–Crippen MR) is 49.1 cm³/mol. The minimum absolute atomic E-state index is 0.185. The van der Waals surface area contributed by atoms with Crippen LogP contribution in [0.1, 0.15) is 10.4 Å². The SMILES string of the molecule is COOc1c(OC)cccc1C(N)=O. The molecule has 1 aromatic carbocycles. The minimum Gasteiger partial charge on any atom is -0.493 e. The highest BCUT2D eigenvalue weighted by atomic mass is 17.2. The summed E-state index contributed by atoms with van der Waals surface area (Å²) in [5.74, 6) is -0.0240. The van der Waals surface area contributed by atoms with Crippen LogP contribution in [0.4, 0.5) is 0 Å². The van der Waals surface area contributed by atoms with E-state index in [4.69, 9.17) is 15.4 Å². The molecule has 0 aliphatic heterocycles. The highest BCUT2D eigenvalue weighted by Crippen LogP contribution is 2.30. The van der Waals surface area contributed by atoms with Crippen molar-refractivity contribution in [1.29, 1.82) is 0 Å². The zero-order valence-electron chi connectivity index (χ0n) is 7.94. The molecule has 0 bridgehead atoms. The van der Waals surface area contributed by atoms with E-state index in [1.165, 1.54) is 20.3 Å². The molecule has 1 amide bonds. The summed E-state index contributed by atoms with van der Waals surface area (Å²) in [6.45, 7) is 0. The molecule has 0 saturated heterocycles. The number of nitrogens with two attached hydrogens (primary N) is 1. The van der Waals surface area contributed by atoms with Crippen LogP contribution in [0.25, 0.3) is 0 Å². The molecule has 0 saturated carbocycles. The molecule has 0 fully saturated rings. The topological polar surface area (TPSA) is 70.8 Å². The number of rotatable bonds is 4. The Kier molecular flexibility index (Phi) is 3.30. The average molecular weight is 197 g/mol. The van der Waals surface area contributed by atoms with Crippen molar-refractivity contribution in [2.45, 2.75) is 0 Å². The quantitative estimate of drug-likeness (QED) is 0.570. The molecule has 0 spiro atoms. The van der Waals surface area contributed by atoms with E-state index in [9.17, 15) is 4.79 Å². The van der Waals surface area contributed by atoms with Gasteiger partial charge < -0.3 is 15.4 Å². The lowest BCUT2D eigenvalue weighted by atomic mass is 10.2. The lowest BCUT2D eigenvalue weighted by Crippen LogP contribution is -2.13. The molecule has 0 radical (unpaired) electrons. The third-order valence-corrected chi connectivity index (χ3v) is 1.63. The van der Waals surface area contributed by atoms with Crippen LogP contribution < -0.4 is 15.4 Å². The van der Waals surface area contributed by atoms with Crippen molar-refractivity contribution in [3.63, 3.8) is 0 Å². The Balaban J connectivity index is 3.20. The Hall–Kier alpha value is -1.75. The van der Waals surface area contributed by atoms with Crippen LogP contribution in [-0.2, 0) is 4.89 Å². The molecule has 0 atom stereocenters. The number of hydrogen-bond acceptors (Lipinski definition) is 4. The van der Waals surface area contributed by atoms with E-state index in [0.717, 1.165) is 0 Å². The van der Waals surface area contributed by atoms with Crippen LogP contribution in [0.3, 0.4) is 0 Å². The van der Waals surface area contributed by atoms with Gasteiger partial charge in [0.15, 0.2) is 5.75 Å². The van der Waals surface area contributed by atoms with Crippen molar-refractivity contribution in [2.24, 2.45) is 5.73 Å². The smallest absolute Gasteiger partial charge is 0.252 e. The van der Waals surface area contributed by atoms with Crippen molar-refractivity contribution < 1.29 is 19.3 Å². The van der Waals surface area contributed by atoms with Crippen LogP contribution in [0.2, 0.25) is 0 Å². The summed E-state index contributed by atoms with van der Waals surface area (Å²) in [6.07, 6.45) is 0. The third kappa shape index (κ3) is 1.94. The van der Waals surface area contributed by atoms with Crippen LogP contribution >= 0.6 is 0 Å². The number of methoxy groups -OCH3 is 1.